The van der Waals surface area contributed by atoms with Crippen molar-refractivity contribution >= 4 is 22.9 Å². The predicted molar refractivity (Wildman–Crippen MR) is 91.7 cm³/mol. The maximum Gasteiger partial charge on any atom is 0.235 e. The quantitative estimate of drug-likeness (QED) is 0.550. The Balaban J connectivity index is 2.39. The molecule has 1 unspecified atom stereocenters. The first-order chi connectivity index (χ1) is 10.5. The standard InChI is InChI=1S/C20H21NO/c1-12(2)15-9-8-14-10-18(13(3)4)20(21-11-22)17-7-5-6-16(15)19(14)17/h5-10,12-13,20H,1-4H3. The number of nitrogens with zero attached hydrogens (tertiary/aromatic N) is 1. The molecule has 0 aromatic heterocycles. The van der Waals surface area contributed by atoms with Crippen LogP contribution in [0.1, 0.15) is 56.3 Å². The normalized spacial score (nSPS) is 16.8. The zero-order valence-electron chi connectivity index (χ0n) is 13.6. The van der Waals surface area contributed by atoms with Crippen molar-refractivity contribution in [2.45, 2.75) is 39.7 Å². The first-order valence-corrected chi connectivity index (χ1v) is 7.88. The molecule has 0 N–H and O–H groups in total. The third kappa shape index (κ3) is 2.20. The van der Waals surface area contributed by atoms with Gasteiger partial charge in [-0.1, -0.05) is 64.1 Å². The van der Waals surface area contributed by atoms with E-state index in [1.54, 1.807) is 6.08 Å². The Morgan fingerprint density at radius 2 is 1.82 bits per heavy atom. The second kappa shape index (κ2) is 5.55. The average Bonchev–Trinajstić information content (AvgIpc) is 2.49. The molecule has 0 saturated heterocycles. The maximum atomic E-state index is 10.9. The maximum absolute atomic E-state index is 10.9. The van der Waals surface area contributed by atoms with Crippen LogP contribution in [0, 0.1) is 5.92 Å². The average molecular weight is 291 g/mol. The Morgan fingerprint density at radius 3 is 2.45 bits per heavy atom. The SMILES string of the molecule is CC(C)C1=Cc2ccc(C(C)C)c3cccc(c23)C1N=C=O. The molecule has 0 fully saturated rings. The van der Waals surface area contributed by atoms with Gasteiger partial charge in [0, 0.05) is 0 Å². The summed E-state index contributed by atoms with van der Waals surface area (Å²) in [6, 6.07) is 10.6. The van der Waals surface area contributed by atoms with Crippen molar-refractivity contribution < 1.29 is 4.79 Å². The van der Waals surface area contributed by atoms with Gasteiger partial charge >= 0.3 is 0 Å². The van der Waals surface area contributed by atoms with Gasteiger partial charge in [0.2, 0.25) is 6.08 Å². The van der Waals surface area contributed by atoms with Crippen molar-refractivity contribution in [3.05, 3.63) is 52.6 Å². The highest BCUT2D eigenvalue weighted by Gasteiger charge is 2.26. The number of hydrogen-bond acceptors (Lipinski definition) is 2. The summed E-state index contributed by atoms with van der Waals surface area (Å²) in [7, 11) is 0. The lowest BCUT2D eigenvalue weighted by molar-refractivity contribution is 0.558. The Hall–Kier alpha value is -2.18. The molecule has 1 aliphatic carbocycles. The summed E-state index contributed by atoms with van der Waals surface area (Å²) >= 11 is 0. The van der Waals surface area contributed by atoms with Gasteiger partial charge in [0.25, 0.3) is 0 Å². The van der Waals surface area contributed by atoms with E-state index in [-0.39, 0.29) is 6.04 Å². The molecule has 0 spiro atoms. The van der Waals surface area contributed by atoms with Crippen LogP contribution in [0.25, 0.3) is 16.8 Å². The molecule has 0 saturated carbocycles. The highest BCUT2D eigenvalue weighted by atomic mass is 16.1. The molecule has 0 amide bonds. The molecule has 1 aliphatic rings. The van der Waals surface area contributed by atoms with Crippen LogP contribution in [0.4, 0.5) is 0 Å². The fraction of sp³-hybridized carbons (Fsp3) is 0.350. The van der Waals surface area contributed by atoms with E-state index >= 15 is 0 Å². The minimum absolute atomic E-state index is 0.198. The van der Waals surface area contributed by atoms with Crippen LogP contribution in [0.5, 0.6) is 0 Å². The van der Waals surface area contributed by atoms with Gasteiger partial charge in [-0.25, -0.2) is 4.79 Å². The van der Waals surface area contributed by atoms with E-state index in [0.717, 1.165) is 5.56 Å². The van der Waals surface area contributed by atoms with E-state index in [4.69, 9.17) is 0 Å². The molecule has 0 radical (unpaired) electrons. The van der Waals surface area contributed by atoms with E-state index in [9.17, 15) is 4.79 Å². The number of carbonyl (C=O) groups excluding carboxylic acids is 1. The van der Waals surface area contributed by atoms with Gasteiger partial charge in [0.05, 0.1) is 0 Å². The van der Waals surface area contributed by atoms with Gasteiger partial charge in [-0.2, -0.15) is 4.99 Å². The zero-order chi connectivity index (χ0) is 15.9. The van der Waals surface area contributed by atoms with E-state index in [2.05, 4.69) is 69.1 Å². The molecule has 0 bridgehead atoms. The van der Waals surface area contributed by atoms with E-state index in [0.29, 0.717) is 11.8 Å². The first-order valence-electron chi connectivity index (χ1n) is 7.88. The van der Waals surface area contributed by atoms with Crippen molar-refractivity contribution in [3.63, 3.8) is 0 Å². The van der Waals surface area contributed by atoms with Gasteiger partial charge in [0.15, 0.2) is 0 Å². The molecule has 2 heteroatoms. The molecular weight excluding hydrogens is 270 g/mol. The summed E-state index contributed by atoms with van der Waals surface area (Å²) in [5.74, 6) is 0.808. The molecule has 0 heterocycles. The van der Waals surface area contributed by atoms with Gasteiger partial charge in [-0.3, -0.25) is 0 Å². The fourth-order valence-corrected chi connectivity index (χ4v) is 3.45. The number of benzene rings is 2. The van der Waals surface area contributed by atoms with Gasteiger partial charge in [-0.15, -0.1) is 0 Å². The van der Waals surface area contributed by atoms with Crippen molar-refractivity contribution in [1.82, 2.24) is 0 Å². The summed E-state index contributed by atoms with van der Waals surface area (Å²) in [4.78, 5) is 15.0. The summed E-state index contributed by atoms with van der Waals surface area (Å²) in [6.45, 7) is 8.71. The summed E-state index contributed by atoms with van der Waals surface area (Å²) in [6.07, 6.45) is 3.97. The molecule has 112 valence electrons. The van der Waals surface area contributed by atoms with Gasteiger partial charge < -0.3 is 0 Å². The van der Waals surface area contributed by atoms with Crippen LogP contribution in [-0.4, -0.2) is 6.08 Å². The molecule has 0 aliphatic heterocycles. The Morgan fingerprint density at radius 1 is 1.05 bits per heavy atom. The Bertz CT molecular complexity index is 808. The zero-order valence-corrected chi connectivity index (χ0v) is 13.6. The summed E-state index contributed by atoms with van der Waals surface area (Å²) < 4.78 is 0. The van der Waals surface area contributed by atoms with E-state index in [1.807, 2.05) is 0 Å². The van der Waals surface area contributed by atoms with Crippen LogP contribution in [0.2, 0.25) is 0 Å². The van der Waals surface area contributed by atoms with Crippen LogP contribution >= 0.6 is 0 Å². The van der Waals surface area contributed by atoms with Crippen molar-refractivity contribution in [3.8, 4) is 0 Å². The lowest BCUT2D eigenvalue weighted by atomic mass is 9.79. The third-order valence-electron chi connectivity index (χ3n) is 4.54. The first kappa shape index (κ1) is 14.7. The van der Waals surface area contributed by atoms with Crippen molar-refractivity contribution in [2.24, 2.45) is 10.9 Å². The molecule has 2 nitrogen and oxygen atoms in total. The monoisotopic (exact) mass is 291 g/mol. The number of isocyanates is 1. The van der Waals surface area contributed by atoms with Crippen LogP contribution in [-0.2, 0) is 4.79 Å². The number of rotatable bonds is 3. The fourth-order valence-electron chi connectivity index (χ4n) is 3.45. The second-order valence-corrected chi connectivity index (χ2v) is 6.59. The second-order valence-electron chi connectivity index (χ2n) is 6.59. The minimum atomic E-state index is -0.198. The van der Waals surface area contributed by atoms with Gasteiger partial charge in [-0.05, 0) is 44.9 Å². The highest BCUT2D eigenvalue weighted by Crippen LogP contribution is 2.43. The Labute approximate surface area is 131 Å². The van der Waals surface area contributed by atoms with E-state index in [1.165, 1.54) is 27.5 Å². The predicted octanol–water partition coefficient (Wildman–Crippen LogP) is 5.39. The highest BCUT2D eigenvalue weighted by molar-refractivity contribution is 5.98. The summed E-state index contributed by atoms with van der Waals surface area (Å²) in [5.41, 5.74) is 4.89. The van der Waals surface area contributed by atoms with Crippen LogP contribution in [0.15, 0.2) is 40.9 Å². The van der Waals surface area contributed by atoms with Gasteiger partial charge in [0.1, 0.15) is 6.04 Å². The smallest absolute Gasteiger partial charge is 0.211 e. The molecule has 3 rings (SSSR count). The van der Waals surface area contributed by atoms with Crippen molar-refractivity contribution in [1.29, 1.82) is 0 Å². The van der Waals surface area contributed by atoms with Crippen molar-refractivity contribution in [2.75, 3.05) is 0 Å². The minimum Gasteiger partial charge on any atom is -0.211 e. The molecule has 22 heavy (non-hydrogen) atoms. The van der Waals surface area contributed by atoms with Crippen LogP contribution < -0.4 is 0 Å². The third-order valence-corrected chi connectivity index (χ3v) is 4.54. The lowest BCUT2D eigenvalue weighted by Crippen LogP contribution is -2.11. The number of hydrogen-bond donors (Lipinski definition) is 0. The molecule has 2 aromatic carbocycles. The largest absolute Gasteiger partial charge is 0.235 e. The summed E-state index contributed by atoms with van der Waals surface area (Å²) in [5, 5.41) is 2.51. The topological polar surface area (TPSA) is 29.4 Å². The lowest BCUT2D eigenvalue weighted by Gasteiger charge is -2.27. The van der Waals surface area contributed by atoms with E-state index < -0.39 is 0 Å². The Kier molecular flexibility index (Phi) is 3.72. The van der Waals surface area contributed by atoms with Crippen LogP contribution in [0.3, 0.4) is 0 Å². The molecular formula is C20H21NO. The molecule has 1 atom stereocenters. The molecule has 2 aromatic rings. The number of aliphatic imine (C=N–C) groups is 1.